The van der Waals surface area contributed by atoms with E-state index in [2.05, 4.69) is 299 Å². The molecule has 0 spiro atoms. The fraction of sp³-hybridized carbons (Fsp3) is 0.255. The van der Waals surface area contributed by atoms with Gasteiger partial charge in [-0.05, 0) is 234 Å². The summed E-state index contributed by atoms with van der Waals surface area (Å²) in [7, 11) is 26.6. The van der Waals surface area contributed by atoms with Gasteiger partial charge in [0.15, 0.2) is 0 Å². The van der Waals surface area contributed by atoms with Crippen LogP contribution in [0, 0.1) is 83.1 Å². The molecule has 0 saturated carbocycles. The molecule has 14 rings (SSSR count). The molecule has 14 aromatic rings. The maximum Gasteiger partial charge on any atom is 0.122 e. The molecule has 0 saturated heterocycles. The van der Waals surface area contributed by atoms with E-state index in [1.165, 1.54) is 133 Å². The minimum atomic E-state index is 0.917. The zero-order valence-electron chi connectivity index (χ0n) is 71.8. The van der Waals surface area contributed by atoms with Gasteiger partial charge in [0, 0.05) is 89.9 Å². The van der Waals surface area contributed by atoms with Crippen LogP contribution in [0.2, 0.25) is 0 Å². The van der Waals surface area contributed by atoms with E-state index in [0.29, 0.717) is 0 Å². The van der Waals surface area contributed by atoms with Crippen molar-refractivity contribution in [3.8, 4) is 34.5 Å². The summed E-state index contributed by atoms with van der Waals surface area (Å²) in [6.07, 6.45) is 0. The van der Waals surface area contributed by atoms with Gasteiger partial charge in [0.2, 0.25) is 0 Å². The standard InChI is InChI=1S/2C13H15N.2C12H12O.2C9H13N.2C9H12O.2C8H10O/c2*1-10-8-9-13(14(2)3)12-7-5-4-6-11(10)12;2*1-9-11-6-4-3-5-10(11)7-8-12(9)13-2;2*1-8-4-6-9(7-5-8)10(2)3;2*1-7-4-5-9(10-3)8(2)6-7;2*1-7-3-5-8(9-2)6-4-7/h2*4-9H,1-3H3;2*3-8H,1-2H3;2*4-7H,1-3H3;2*4-6H,1-3H3;2*3-6H,1-2H3. The van der Waals surface area contributed by atoms with Gasteiger partial charge in [-0.15, -0.1) is 0 Å². The lowest BCUT2D eigenvalue weighted by Gasteiger charge is -2.16. The molecule has 0 bridgehead atoms. The minimum absolute atomic E-state index is 0.917. The number of hydrogen-bond donors (Lipinski definition) is 0. The maximum atomic E-state index is 5.25. The van der Waals surface area contributed by atoms with Crippen molar-refractivity contribution in [2.75, 3.05) is 119 Å². The van der Waals surface area contributed by atoms with Crippen LogP contribution in [0.25, 0.3) is 43.1 Å². The number of aryl methyl sites for hydroxylation is 12. The number of rotatable bonds is 10. The number of benzene rings is 14. The molecule has 0 aliphatic heterocycles. The van der Waals surface area contributed by atoms with E-state index in [1.54, 1.807) is 42.7 Å². The molecule has 10 nitrogen and oxygen atoms in total. The molecule has 10 heteroatoms. The van der Waals surface area contributed by atoms with Crippen molar-refractivity contribution in [2.24, 2.45) is 0 Å². The fourth-order valence-electron chi connectivity index (χ4n) is 12.0. The van der Waals surface area contributed by atoms with Crippen LogP contribution < -0.4 is 48.0 Å². The van der Waals surface area contributed by atoms with Crippen molar-refractivity contribution in [1.82, 2.24) is 0 Å². The third-order valence-electron chi connectivity index (χ3n) is 18.7. The molecule has 0 amide bonds. The summed E-state index contributed by atoms with van der Waals surface area (Å²) in [4.78, 5) is 8.50. The molecule has 0 aliphatic rings. The second-order valence-corrected chi connectivity index (χ2v) is 28.4. The topological polar surface area (TPSA) is 68.3 Å². The Labute approximate surface area is 672 Å². The summed E-state index contributed by atoms with van der Waals surface area (Å²) in [6.45, 7) is 25.0. The molecule has 0 radical (unpaired) electrons. The summed E-state index contributed by atoms with van der Waals surface area (Å²) in [5.41, 5.74) is 20.3. The van der Waals surface area contributed by atoms with Gasteiger partial charge in [-0.1, -0.05) is 228 Å². The zero-order chi connectivity index (χ0) is 82.4. The Bertz CT molecular complexity index is 4770. The van der Waals surface area contributed by atoms with E-state index in [1.807, 2.05) is 139 Å². The molecule has 112 heavy (non-hydrogen) atoms. The lowest BCUT2D eigenvalue weighted by molar-refractivity contribution is 0.411. The van der Waals surface area contributed by atoms with Crippen molar-refractivity contribution in [3.05, 3.63) is 346 Å². The van der Waals surface area contributed by atoms with Gasteiger partial charge in [-0.3, -0.25) is 0 Å². The Hall–Kier alpha value is -11.9. The Balaban J connectivity index is 0.000000223. The predicted molar refractivity (Wildman–Crippen MR) is 488 cm³/mol. The van der Waals surface area contributed by atoms with Gasteiger partial charge in [-0.2, -0.15) is 0 Å². The summed E-state index contributed by atoms with van der Waals surface area (Å²) in [5, 5.41) is 10.4. The smallest absolute Gasteiger partial charge is 0.122 e. The van der Waals surface area contributed by atoms with Crippen LogP contribution in [0.4, 0.5) is 22.7 Å². The lowest BCUT2D eigenvalue weighted by atomic mass is 10.0. The number of methoxy groups -OCH3 is 6. The van der Waals surface area contributed by atoms with E-state index in [9.17, 15) is 0 Å². The van der Waals surface area contributed by atoms with Crippen LogP contribution in [0.15, 0.2) is 279 Å². The van der Waals surface area contributed by atoms with Gasteiger partial charge in [0.1, 0.15) is 34.5 Å². The molecule has 0 heterocycles. The minimum Gasteiger partial charge on any atom is -0.497 e. The van der Waals surface area contributed by atoms with Crippen LogP contribution in [0.1, 0.15) is 66.8 Å². The van der Waals surface area contributed by atoms with E-state index in [4.69, 9.17) is 28.4 Å². The largest absolute Gasteiger partial charge is 0.497 e. The van der Waals surface area contributed by atoms with Gasteiger partial charge in [0.25, 0.3) is 0 Å². The second kappa shape index (κ2) is 47.2. The van der Waals surface area contributed by atoms with E-state index >= 15 is 0 Å². The maximum absolute atomic E-state index is 5.25. The lowest BCUT2D eigenvalue weighted by Crippen LogP contribution is -2.09. The van der Waals surface area contributed by atoms with Crippen molar-refractivity contribution >= 4 is 65.8 Å². The molecule has 0 aliphatic carbocycles. The van der Waals surface area contributed by atoms with Crippen molar-refractivity contribution in [1.29, 1.82) is 0 Å². The molecular formula is C102H124N4O6. The van der Waals surface area contributed by atoms with Crippen molar-refractivity contribution in [3.63, 3.8) is 0 Å². The number of anilines is 4. The Morgan fingerprint density at radius 2 is 0.455 bits per heavy atom. The molecule has 14 aromatic carbocycles. The first-order chi connectivity index (χ1) is 53.6. The average Bonchev–Trinajstić information content (AvgIpc) is 0.808. The van der Waals surface area contributed by atoms with Gasteiger partial charge in [-0.25, -0.2) is 0 Å². The second-order valence-electron chi connectivity index (χ2n) is 28.4. The van der Waals surface area contributed by atoms with Gasteiger partial charge in [0.05, 0.1) is 42.7 Å². The average molecular weight is 1500 g/mol. The highest BCUT2D eigenvalue weighted by atomic mass is 16.5. The summed E-state index contributed by atoms with van der Waals surface area (Å²) >= 11 is 0. The monoisotopic (exact) mass is 1500 g/mol. The SMILES string of the molecule is COc1ccc(C)cc1.COc1ccc(C)cc1.COc1ccc(C)cc1C.COc1ccc(C)cc1C.COc1ccc2ccccc2c1C.COc1ccc2ccccc2c1C.Cc1ccc(N(C)C)c2ccccc12.Cc1ccc(N(C)C)c2ccccc12.Cc1ccc(N(C)C)cc1.Cc1ccc(N(C)C)cc1. The molecule has 0 atom stereocenters. The third kappa shape index (κ3) is 29.2. The highest BCUT2D eigenvalue weighted by molar-refractivity contribution is 5.97. The summed E-state index contributed by atoms with van der Waals surface area (Å²) in [5.74, 6) is 5.68. The first kappa shape index (κ1) is 90.7. The first-order valence-corrected chi connectivity index (χ1v) is 37.9. The highest BCUT2D eigenvalue weighted by Gasteiger charge is 2.08. The van der Waals surface area contributed by atoms with Crippen molar-refractivity contribution in [2.45, 2.75) is 83.1 Å². The summed E-state index contributed by atoms with van der Waals surface area (Å²) in [6, 6.07) is 95.8. The normalized spacial score (nSPS) is 9.88. The quantitative estimate of drug-likeness (QED) is 0.132. The van der Waals surface area contributed by atoms with Crippen LogP contribution in [-0.4, -0.2) is 99.0 Å². The number of hydrogen-bond acceptors (Lipinski definition) is 10. The van der Waals surface area contributed by atoms with E-state index in [-0.39, 0.29) is 0 Å². The third-order valence-corrected chi connectivity index (χ3v) is 18.7. The summed E-state index contributed by atoms with van der Waals surface area (Å²) < 4.78 is 30.6. The fourth-order valence-corrected chi connectivity index (χ4v) is 12.0. The van der Waals surface area contributed by atoms with Crippen LogP contribution in [-0.2, 0) is 0 Å². The van der Waals surface area contributed by atoms with E-state index in [0.717, 1.165) is 34.5 Å². The van der Waals surface area contributed by atoms with Crippen LogP contribution in [0.3, 0.4) is 0 Å². The molecular weight excluding hydrogens is 1380 g/mol. The van der Waals surface area contributed by atoms with Gasteiger partial charge >= 0.3 is 0 Å². The van der Waals surface area contributed by atoms with Crippen LogP contribution >= 0.6 is 0 Å². The number of ether oxygens (including phenoxy) is 6. The molecule has 0 aromatic heterocycles. The molecule has 588 valence electrons. The first-order valence-electron chi connectivity index (χ1n) is 37.9. The Morgan fingerprint density at radius 1 is 0.196 bits per heavy atom. The number of fused-ring (bicyclic) bond motifs is 4. The van der Waals surface area contributed by atoms with Gasteiger partial charge < -0.3 is 48.0 Å². The predicted octanol–water partition coefficient (Wildman–Crippen LogP) is 25.5. The van der Waals surface area contributed by atoms with E-state index < -0.39 is 0 Å². The molecule has 0 N–H and O–H groups in total. The number of nitrogens with zero attached hydrogens (tertiary/aromatic N) is 4. The molecule has 0 fully saturated rings. The highest BCUT2D eigenvalue weighted by Crippen LogP contribution is 2.31. The Morgan fingerprint density at radius 3 is 0.723 bits per heavy atom. The van der Waals surface area contributed by atoms with Crippen LogP contribution in [0.5, 0.6) is 34.5 Å². The zero-order valence-corrected chi connectivity index (χ0v) is 71.8. The molecule has 0 unspecified atom stereocenters. The Kier molecular flexibility index (Phi) is 38.3. The van der Waals surface area contributed by atoms with Crippen molar-refractivity contribution < 1.29 is 28.4 Å².